The summed E-state index contributed by atoms with van der Waals surface area (Å²) < 4.78 is 2.08. The van der Waals surface area contributed by atoms with Gasteiger partial charge in [-0.05, 0) is 51.5 Å². The van der Waals surface area contributed by atoms with Crippen LogP contribution in [0.5, 0.6) is 0 Å². The Labute approximate surface area is 165 Å². The van der Waals surface area contributed by atoms with Gasteiger partial charge in [0.25, 0.3) is 0 Å². The lowest BCUT2D eigenvalue weighted by Crippen LogP contribution is -2.26. The summed E-state index contributed by atoms with van der Waals surface area (Å²) in [6, 6.07) is 8.17. The van der Waals surface area contributed by atoms with Crippen molar-refractivity contribution in [3.63, 3.8) is 0 Å². The van der Waals surface area contributed by atoms with Crippen LogP contribution in [0.3, 0.4) is 0 Å². The van der Waals surface area contributed by atoms with Gasteiger partial charge in [-0.15, -0.1) is 10.2 Å². The highest BCUT2D eigenvalue weighted by Gasteiger charge is 2.15. The highest BCUT2D eigenvalue weighted by atomic mass is 32.2. The number of rotatable bonds is 8. The first-order valence-corrected chi connectivity index (χ1v) is 10.7. The Morgan fingerprint density at radius 3 is 2.85 bits per heavy atom. The van der Waals surface area contributed by atoms with Gasteiger partial charge in [0, 0.05) is 18.7 Å². The molecule has 1 aromatic heterocycles. The first kappa shape index (κ1) is 19.7. The molecule has 27 heavy (non-hydrogen) atoms. The highest BCUT2D eigenvalue weighted by molar-refractivity contribution is 7.99. The fourth-order valence-corrected chi connectivity index (χ4v) is 4.21. The molecule has 0 radical (unpaired) electrons. The van der Waals surface area contributed by atoms with E-state index in [1.165, 1.54) is 48.6 Å². The number of benzene rings is 1. The maximum atomic E-state index is 12.2. The van der Waals surface area contributed by atoms with E-state index in [9.17, 15) is 4.79 Å². The molecule has 1 aromatic carbocycles. The molecule has 144 valence electrons. The van der Waals surface area contributed by atoms with Gasteiger partial charge in [0.15, 0.2) is 11.0 Å². The van der Waals surface area contributed by atoms with Crippen LogP contribution >= 0.6 is 11.8 Å². The topological polar surface area (TPSA) is 59.8 Å². The van der Waals surface area contributed by atoms with Crippen LogP contribution in [-0.2, 0) is 11.3 Å². The molecule has 0 fully saturated rings. The standard InChI is InChI=1S/C21H28N4OS/c1-3-25-20(18-12-8-7-9-16(18)2)23-24-21(25)27-15-19(26)22-14-13-17-10-5-4-6-11-17/h7-10,12H,3-6,11,13-15H2,1-2H3,(H,22,26). The number of amides is 1. The van der Waals surface area contributed by atoms with Crippen molar-refractivity contribution in [2.75, 3.05) is 12.3 Å². The van der Waals surface area contributed by atoms with E-state index in [0.717, 1.165) is 36.1 Å². The fraction of sp³-hybridized carbons (Fsp3) is 0.476. The van der Waals surface area contributed by atoms with Crippen molar-refractivity contribution in [1.29, 1.82) is 0 Å². The summed E-state index contributed by atoms with van der Waals surface area (Å²) >= 11 is 1.45. The smallest absolute Gasteiger partial charge is 0.230 e. The molecule has 0 saturated heterocycles. The quantitative estimate of drug-likeness (QED) is 0.542. The second kappa shape index (κ2) is 9.74. The zero-order valence-electron chi connectivity index (χ0n) is 16.2. The molecule has 5 nitrogen and oxygen atoms in total. The molecule has 0 atom stereocenters. The Morgan fingerprint density at radius 2 is 2.11 bits per heavy atom. The molecule has 0 aliphatic heterocycles. The normalized spacial score (nSPS) is 14.1. The van der Waals surface area contributed by atoms with E-state index in [0.29, 0.717) is 5.75 Å². The van der Waals surface area contributed by atoms with Gasteiger partial charge in [0.1, 0.15) is 0 Å². The van der Waals surface area contributed by atoms with Gasteiger partial charge in [-0.25, -0.2) is 0 Å². The SMILES string of the molecule is CCn1c(SCC(=O)NCCC2=CCCCC2)nnc1-c1ccccc1C. The molecule has 0 spiro atoms. The van der Waals surface area contributed by atoms with E-state index in [1.54, 1.807) is 0 Å². The number of carbonyl (C=O) groups is 1. The van der Waals surface area contributed by atoms with Crippen LogP contribution in [0.25, 0.3) is 11.4 Å². The van der Waals surface area contributed by atoms with Crippen LogP contribution in [0.1, 0.15) is 44.6 Å². The van der Waals surface area contributed by atoms with Gasteiger partial charge in [-0.3, -0.25) is 4.79 Å². The number of nitrogens with zero attached hydrogens (tertiary/aromatic N) is 3. The van der Waals surface area contributed by atoms with E-state index in [4.69, 9.17) is 0 Å². The predicted octanol–water partition coefficient (Wildman–Crippen LogP) is 4.37. The zero-order chi connectivity index (χ0) is 19.1. The molecular formula is C21H28N4OS. The fourth-order valence-electron chi connectivity index (χ4n) is 3.38. The summed E-state index contributed by atoms with van der Waals surface area (Å²) in [5.41, 5.74) is 3.75. The Bertz CT molecular complexity index is 812. The molecule has 0 bridgehead atoms. The number of nitrogens with one attached hydrogen (secondary N) is 1. The van der Waals surface area contributed by atoms with Gasteiger partial charge in [0.05, 0.1) is 5.75 Å². The van der Waals surface area contributed by atoms with Crippen LogP contribution in [-0.4, -0.2) is 33.0 Å². The molecule has 2 aromatic rings. The Kier molecular flexibility index (Phi) is 7.10. The average molecular weight is 385 g/mol. The summed E-state index contributed by atoms with van der Waals surface area (Å²) in [7, 11) is 0. The van der Waals surface area contributed by atoms with Gasteiger partial charge < -0.3 is 9.88 Å². The van der Waals surface area contributed by atoms with Crippen molar-refractivity contribution in [1.82, 2.24) is 20.1 Å². The molecule has 0 saturated carbocycles. The largest absolute Gasteiger partial charge is 0.355 e. The number of thioether (sulfide) groups is 1. The molecule has 1 heterocycles. The van der Waals surface area contributed by atoms with Crippen LogP contribution in [0.15, 0.2) is 41.1 Å². The van der Waals surface area contributed by atoms with Crippen molar-refractivity contribution in [2.45, 2.75) is 57.7 Å². The van der Waals surface area contributed by atoms with Gasteiger partial charge in [-0.2, -0.15) is 0 Å². The Morgan fingerprint density at radius 1 is 1.26 bits per heavy atom. The van der Waals surface area contributed by atoms with Crippen molar-refractivity contribution in [3.8, 4) is 11.4 Å². The van der Waals surface area contributed by atoms with Crippen LogP contribution < -0.4 is 5.32 Å². The first-order valence-electron chi connectivity index (χ1n) is 9.75. The monoisotopic (exact) mass is 384 g/mol. The lowest BCUT2D eigenvalue weighted by atomic mass is 9.97. The maximum Gasteiger partial charge on any atom is 0.230 e. The molecule has 3 rings (SSSR count). The van der Waals surface area contributed by atoms with Gasteiger partial charge in [0.2, 0.25) is 5.91 Å². The summed E-state index contributed by atoms with van der Waals surface area (Å²) in [4.78, 5) is 12.2. The van der Waals surface area contributed by atoms with Gasteiger partial charge in [-0.1, -0.05) is 47.7 Å². The minimum absolute atomic E-state index is 0.0551. The van der Waals surface area contributed by atoms with E-state index < -0.39 is 0 Å². The Hall–Kier alpha value is -2.08. The van der Waals surface area contributed by atoms with Crippen molar-refractivity contribution < 1.29 is 4.79 Å². The predicted molar refractivity (Wildman–Crippen MR) is 111 cm³/mol. The third-order valence-electron chi connectivity index (χ3n) is 4.90. The van der Waals surface area contributed by atoms with Crippen LogP contribution in [0.4, 0.5) is 0 Å². The number of allylic oxidation sites excluding steroid dienone is 1. The molecule has 6 heteroatoms. The summed E-state index contributed by atoms with van der Waals surface area (Å²) in [5.74, 6) is 1.28. The maximum absolute atomic E-state index is 12.2. The number of hydrogen-bond donors (Lipinski definition) is 1. The third-order valence-corrected chi connectivity index (χ3v) is 5.87. The average Bonchev–Trinajstić information content (AvgIpc) is 3.10. The minimum Gasteiger partial charge on any atom is -0.355 e. The molecular weight excluding hydrogens is 356 g/mol. The molecule has 1 N–H and O–H groups in total. The molecule has 1 amide bonds. The van der Waals surface area contributed by atoms with E-state index in [2.05, 4.69) is 52.1 Å². The second-order valence-corrected chi connectivity index (χ2v) is 7.80. The van der Waals surface area contributed by atoms with Crippen LogP contribution in [0, 0.1) is 6.92 Å². The number of aromatic nitrogens is 3. The molecule has 1 aliphatic rings. The summed E-state index contributed by atoms with van der Waals surface area (Å²) in [6.45, 7) is 5.65. The van der Waals surface area contributed by atoms with Crippen molar-refractivity contribution in [2.24, 2.45) is 0 Å². The number of hydrogen-bond acceptors (Lipinski definition) is 4. The number of aryl methyl sites for hydroxylation is 1. The second-order valence-electron chi connectivity index (χ2n) is 6.86. The number of carbonyl (C=O) groups excluding carboxylic acids is 1. The lowest BCUT2D eigenvalue weighted by molar-refractivity contribution is -0.118. The van der Waals surface area contributed by atoms with E-state index >= 15 is 0 Å². The third kappa shape index (κ3) is 5.22. The minimum atomic E-state index is 0.0551. The Balaban J connectivity index is 1.54. The molecule has 1 aliphatic carbocycles. The first-order chi connectivity index (χ1) is 13.2. The van der Waals surface area contributed by atoms with E-state index in [1.807, 2.05) is 12.1 Å². The summed E-state index contributed by atoms with van der Waals surface area (Å²) in [6.07, 6.45) is 8.27. The summed E-state index contributed by atoms with van der Waals surface area (Å²) in [5, 5.41) is 12.5. The van der Waals surface area contributed by atoms with Crippen molar-refractivity contribution in [3.05, 3.63) is 41.5 Å². The highest BCUT2D eigenvalue weighted by Crippen LogP contribution is 2.26. The molecule has 0 unspecified atom stereocenters. The lowest BCUT2D eigenvalue weighted by Gasteiger charge is -2.13. The van der Waals surface area contributed by atoms with Gasteiger partial charge >= 0.3 is 0 Å². The van der Waals surface area contributed by atoms with Crippen molar-refractivity contribution >= 4 is 17.7 Å². The van der Waals surface area contributed by atoms with E-state index in [-0.39, 0.29) is 5.91 Å². The zero-order valence-corrected chi connectivity index (χ0v) is 17.0. The van der Waals surface area contributed by atoms with Crippen LogP contribution in [0.2, 0.25) is 0 Å².